The number of aliphatic hydroxyl groups is 1. The second kappa shape index (κ2) is 14.6. The summed E-state index contributed by atoms with van der Waals surface area (Å²) in [6, 6.07) is 12.9. The maximum atomic E-state index is 13.7. The number of nitrogens with one attached hydrogen (secondary N) is 1. The minimum atomic E-state index is -0.361. The van der Waals surface area contributed by atoms with Gasteiger partial charge in [-0.25, -0.2) is 0 Å². The predicted octanol–water partition coefficient (Wildman–Crippen LogP) is 2.71. The number of hydrogen-bond donors (Lipinski definition) is 2. The van der Waals surface area contributed by atoms with E-state index in [1.54, 1.807) is 30.2 Å². The molecule has 0 radical (unpaired) electrons. The molecule has 4 rings (SSSR count). The largest absolute Gasteiger partial charge is 0.497 e. The van der Waals surface area contributed by atoms with Crippen molar-refractivity contribution in [1.82, 2.24) is 14.7 Å². The van der Waals surface area contributed by atoms with Crippen LogP contribution in [0, 0.1) is 5.92 Å². The van der Waals surface area contributed by atoms with Crippen molar-refractivity contribution in [3.63, 3.8) is 0 Å². The maximum absolute atomic E-state index is 13.7. The number of aliphatic hydroxyl groups excluding tert-OH is 1. The van der Waals surface area contributed by atoms with Gasteiger partial charge in [0, 0.05) is 57.3 Å². The Hall–Kier alpha value is -3.18. The molecule has 0 unspecified atom stereocenters. The van der Waals surface area contributed by atoms with Gasteiger partial charge in [0.15, 0.2) is 0 Å². The summed E-state index contributed by atoms with van der Waals surface area (Å²) >= 11 is 0. The fourth-order valence-electron chi connectivity index (χ4n) is 5.24. The molecule has 2 aliphatic rings. The standard InChI is InChI=1S/C31H44N4O6/c1-22-18-35(23(2)21-36)31(38)27-17-25(32-30(37)11-12-34-13-15-40-16-14-34)7-10-28(27)41-29(22)20-33(3)19-24-5-8-26(39-4)9-6-24/h5-10,17,22-23,29,36H,11-16,18-21H2,1-4H3,(H,32,37)/t22-,23-,29-/m1/s1. The summed E-state index contributed by atoms with van der Waals surface area (Å²) in [6.45, 7) is 9.27. The third-order valence-electron chi connectivity index (χ3n) is 7.81. The van der Waals surface area contributed by atoms with Crippen LogP contribution in [0.2, 0.25) is 0 Å². The molecule has 10 nitrogen and oxygen atoms in total. The topological polar surface area (TPSA) is 104 Å². The van der Waals surface area contributed by atoms with Gasteiger partial charge in [-0.1, -0.05) is 19.1 Å². The van der Waals surface area contributed by atoms with Gasteiger partial charge in [-0.15, -0.1) is 0 Å². The summed E-state index contributed by atoms with van der Waals surface area (Å²) in [5, 5.41) is 12.9. The molecule has 2 amide bonds. The third-order valence-corrected chi connectivity index (χ3v) is 7.81. The van der Waals surface area contributed by atoms with Crippen molar-refractivity contribution in [2.24, 2.45) is 5.92 Å². The van der Waals surface area contributed by atoms with Gasteiger partial charge in [0.2, 0.25) is 5.91 Å². The zero-order valence-electron chi connectivity index (χ0n) is 24.7. The first kappa shape index (κ1) is 30.8. The van der Waals surface area contributed by atoms with Gasteiger partial charge in [0.05, 0.1) is 38.5 Å². The van der Waals surface area contributed by atoms with Gasteiger partial charge >= 0.3 is 0 Å². The number of hydrogen-bond acceptors (Lipinski definition) is 8. The fraction of sp³-hybridized carbons (Fsp3) is 0.548. The minimum absolute atomic E-state index is 0.0129. The van der Waals surface area contributed by atoms with Crippen LogP contribution in [0.25, 0.3) is 0 Å². The number of likely N-dealkylation sites (N-methyl/N-ethyl adjacent to an activating group) is 1. The van der Waals surface area contributed by atoms with Crippen LogP contribution in [0.1, 0.15) is 36.2 Å². The molecule has 224 valence electrons. The number of carbonyl (C=O) groups excluding carboxylic acids is 2. The van der Waals surface area contributed by atoms with Crippen LogP contribution in [0.5, 0.6) is 11.5 Å². The molecule has 0 spiro atoms. The van der Waals surface area contributed by atoms with Crippen molar-refractivity contribution in [2.75, 3.05) is 72.0 Å². The van der Waals surface area contributed by atoms with E-state index in [2.05, 4.69) is 29.1 Å². The Morgan fingerprint density at radius 1 is 1.20 bits per heavy atom. The number of methoxy groups -OCH3 is 1. The lowest BCUT2D eigenvalue weighted by atomic mass is 9.99. The van der Waals surface area contributed by atoms with E-state index in [0.29, 0.717) is 56.3 Å². The second-order valence-corrected chi connectivity index (χ2v) is 11.1. The highest BCUT2D eigenvalue weighted by Gasteiger charge is 2.33. The number of carbonyl (C=O) groups is 2. The molecule has 2 aliphatic heterocycles. The average molecular weight is 569 g/mol. The van der Waals surface area contributed by atoms with Crippen molar-refractivity contribution >= 4 is 17.5 Å². The molecule has 0 aromatic heterocycles. The molecule has 1 fully saturated rings. The van der Waals surface area contributed by atoms with Crippen molar-refractivity contribution in [3.05, 3.63) is 53.6 Å². The van der Waals surface area contributed by atoms with E-state index in [0.717, 1.165) is 30.9 Å². The van der Waals surface area contributed by atoms with E-state index in [-0.39, 0.29) is 36.5 Å². The molecule has 3 atom stereocenters. The molecule has 2 aromatic rings. The number of nitrogens with zero attached hydrogens (tertiary/aromatic N) is 3. The SMILES string of the molecule is COc1ccc(CN(C)C[C@H]2Oc3ccc(NC(=O)CCN4CCOCC4)cc3C(=O)N([C@H](C)CO)C[C@H]2C)cc1. The number of rotatable bonds is 11. The highest BCUT2D eigenvalue weighted by Crippen LogP contribution is 2.31. The Morgan fingerprint density at radius 2 is 1.93 bits per heavy atom. The van der Waals surface area contributed by atoms with Gasteiger partial charge in [-0.3, -0.25) is 19.4 Å². The Balaban J connectivity index is 1.49. The van der Waals surface area contributed by atoms with E-state index in [9.17, 15) is 14.7 Å². The summed E-state index contributed by atoms with van der Waals surface area (Å²) in [4.78, 5) is 32.5. The number of fused-ring (bicyclic) bond motifs is 1. The first-order chi connectivity index (χ1) is 19.8. The van der Waals surface area contributed by atoms with E-state index < -0.39 is 0 Å². The summed E-state index contributed by atoms with van der Waals surface area (Å²) < 4.78 is 17.2. The first-order valence-electron chi connectivity index (χ1n) is 14.4. The number of ether oxygens (including phenoxy) is 3. The van der Waals surface area contributed by atoms with Crippen molar-refractivity contribution in [3.8, 4) is 11.5 Å². The fourth-order valence-corrected chi connectivity index (χ4v) is 5.24. The number of anilines is 1. The summed E-state index contributed by atoms with van der Waals surface area (Å²) in [6.07, 6.45) is 0.155. The minimum Gasteiger partial charge on any atom is -0.497 e. The van der Waals surface area contributed by atoms with Crippen molar-refractivity contribution < 1.29 is 28.9 Å². The quantitative estimate of drug-likeness (QED) is 0.427. The normalized spacial score (nSPS) is 20.5. The van der Waals surface area contributed by atoms with Gasteiger partial charge in [0.1, 0.15) is 17.6 Å². The Morgan fingerprint density at radius 3 is 2.61 bits per heavy atom. The molecular weight excluding hydrogens is 524 g/mol. The monoisotopic (exact) mass is 568 g/mol. The molecule has 0 aliphatic carbocycles. The molecular formula is C31H44N4O6. The lowest BCUT2D eigenvalue weighted by molar-refractivity contribution is -0.116. The number of amides is 2. The molecule has 0 saturated carbocycles. The molecule has 2 aromatic carbocycles. The summed E-state index contributed by atoms with van der Waals surface area (Å²) in [5.41, 5.74) is 2.09. The smallest absolute Gasteiger partial charge is 0.258 e. The van der Waals surface area contributed by atoms with E-state index in [4.69, 9.17) is 14.2 Å². The lowest BCUT2D eigenvalue weighted by Gasteiger charge is -2.38. The van der Waals surface area contributed by atoms with Crippen LogP contribution in [0.15, 0.2) is 42.5 Å². The van der Waals surface area contributed by atoms with Gasteiger partial charge in [-0.05, 0) is 49.9 Å². The average Bonchev–Trinajstić information content (AvgIpc) is 2.98. The molecule has 2 N–H and O–H groups in total. The Kier molecular flexibility index (Phi) is 11.0. The van der Waals surface area contributed by atoms with Gasteiger partial charge in [-0.2, -0.15) is 0 Å². The molecule has 41 heavy (non-hydrogen) atoms. The number of morpholine rings is 1. The molecule has 2 heterocycles. The Labute approximate surface area is 243 Å². The van der Waals surface area contributed by atoms with Crippen LogP contribution in [-0.2, 0) is 16.1 Å². The highest BCUT2D eigenvalue weighted by molar-refractivity contribution is 5.99. The van der Waals surface area contributed by atoms with Crippen LogP contribution in [0.4, 0.5) is 5.69 Å². The summed E-state index contributed by atoms with van der Waals surface area (Å²) in [5.74, 6) is 0.982. The van der Waals surface area contributed by atoms with Crippen LogP contribution in [0.3, 0.4) is 0 Å². The maximum Gasteiger partial charge on any atom is 0.258 e. The van der Waals surface area contributed by atoms with E-state index in [1.165, 1.54) is 0 Å². The zero-order chi connectivity index (χ0) is 29.4. The van der Waals surface area contributed by atoms with E-state index in [1.807, 2.05) is 31.2 Å². The van der Waals surface area contributed by atoms with Crippen LogP contribution in [-0.4, -0.2) is 110 Å². The Bertz CT molecular complexity index is 1150. The highest BCUT2D eigenvalue weighted by atomic mass is 16.5. The molecule has 10 heteroatoms. The van der Waals surface area contributed by atoms with Crippen LogP contribution >= 0.6 is 0 Å². The van der Waals surface area contributed by atoms with Crippen LogP contribution < -0.4 is 14.8 Å². The second-order valence-electron chi connectivity index (χ2n) is 11.1. The predicted molar refractivity (Wildman–Crippen MR) is 157 cm³/mol. The van der Waals surface area contributed by atoms with Crippen molar-refractivity contribution in [2.45, 2.75) is 39.0 Å². The zero-order valence-corrected chi connectivity index (χ0v) is 24.7. The third kappa shape index (κ3) is 8.42. The molecule has 0 bridgehead atoms. The van der Waals surface area contributed by atoms with Gasteiger partial charge in [0.25, 0.3) is 5.91 Å². The van der Waals surface area contributed by atoms with Gasteiger partial charge < -0.3 is 29.5 Å². The first-order valence-corrected chi connectivity index (χ1v) is 14.4. The lowest BCUT2D eigenvalue weighted by Crippen LogP contribution is -2.49. The van der Waals surface area contributed by atoms with Crippen molar-refractivity contribution in [1.29, 1.82) is 0 Å². The molecule has 1 saturated heterocycles. The summed E-state index contributed by atoms with van der Waals surface area (Å²) in [7, 11) is 3.70. The van der Waals surface area contributed by atoms with E-state index >= 15 is 0 Å². The number of benzene rings is 2.